The van der Waals surface area contributed by atoms with Crippen LogP contribution < -0.4 is 0 Å². The fourth-order valence-electron chi connectivity index (χ4n) is 3.11. The van der Waals surface area contributed by atoms with Gasteiger partial charge in [0.1, 0.15) is 5.78 Å². The molecular weight excluding hydrogens is 240 g/mol. The lowest BCUT2D eigenvalue weighted by molar-refractivity contribution is -0.118. The van der Waals surface area contributed by atoms with E-state index < -0.39 is 0 Å². The molecular formula is C16H14OS. The standard InChI is InChI=1S/C16H14OS/c17-14-4-3-10-1-2-11-5-12-8-18-9-13(12)6-15(11)16(10)7-14/h1-2,5-6H,3-4,7-9H2. The van der Waals surface area contributed by atoms with Gasteiger partial charge in [0.2, 0.25) is 0 Å². The number of thioether (sulfide) groups is 1. The van der Waals surface area contributed by atoms with Crippen molar-refractivity contribution in [3.05, 3.63) is 46.5 Å². The minimum Gasteiger partial charge on any atom is -0.299 e. The van der Waals surface area contributed by atoms with Gasteiger partial charge < -0.3 is 0 Å². The minimum atomic E-state index is 0.393. The molecule has 1 aliphatic heterocycles. The smallest absolute Gasteiger partial charge is 0.137 e. The third-order valence-electron chi connectivity index (χ3n) is 4.11. The van der Waals surface area contributed by atoms with E-state index in [-0.39, 0.29) is 0 Å². The molecule has 1 aliphatic carbocycles. The van der Waals surface area contributed by atoms with Crippen molar-refractivity contribution in [3.63, 3.8) is 0 Å². The van der Waals surface area contributed by atoms with Gasteiger partial charge in [-0.3, -0.25) is 4.79 Å². The van der Waals surface area contributed by atoms with Gasteiger partial charge in [0.15, 0.2) is 0 Å². The predicted octanol–water partition coefficient (Wildman–Crippen LogP) is 3.64. The maximum absolute atomic E-state index is 11.7. The Labute approximate surface area is 111 Å². The van der Waals surface area contributed by atoms with Gasteiger partial charge in [0, 0.05) is 24.3 Å². The molecule has 0 radical (unpaired) electrons. The monoisotopic (exact) mass is 254 g/mol. The Balaban J connectivity index is 2.01. The van der Waals surface area contributed by atoms with Gasteiger partial charge in [-0.1, -0.05) is 18.2 Å². The lowest BCUT2D eigenvalue weighted by Gasteiger charge is -2.18. The summed E-state index contributed by atoms with van der Waals surface area (Å²) in [4.78, 5) is 11.7. The van der Waals surface area contributed by atoms with Crippen LogP contribution in [0.25, 0.3) is 10.8 Å². The van der Waals surface area contributed by atoms with Crippen LogP contribution in [-0.4, -0.2) is 5.78 Å². The van der Waals surface area contributed by atoms with Gasteiger partial charge in [-0.15, -0.1) is 0 Å². The van der Waals surface area contributed by atoms with E-state index in [4.69, 9.17) is 0 Å². The second-order valence-corrected chi connectivity index (χ2v) is 6.24. The van der Waals surface area contributed by atoms with Gasteiger partial charge in [-0.25, -0.2) is 0 Å². The summed E-state index contributed by atoms with van der Waals surface area (Å²) in [5, 5.41) is 2.63. The number of ketones is 1. The van der Waals surface area contributed by atoms with Gasteiger partial charge in [-0.05, 0) is 45.5 Å². The molecule has 2 heteroatoms. The molecule has 0 aromatic heterocycles. The van der Waals surface area contributed by atoms with Crippen LogP contribution in [0.3, 0.4) is 0 Å². The zero-order valence-corrected chi connectivity index (χ0v) is 11.0. The maximum atomic E-state index is 11.7. The van der Waals surface area contributed by atoms with Crippen LogP contribution in [-0.2, 0) is 29.1 Å². The second kappa shape index (κ2) is 3.86. The number of hydrogen-bond acceptors (Lipinski definition) is 2. The van der Waals surface area contributed by atoms with Crippen LogP contribution in [0, 0.1) is 0 Å². The first-order valence-corrected chi connectivity index (χ1v) is 7.62. The first-order valence-electron chi connectivity index (χ1n) is 6.47. The van der Waals surface area contributed by atoms with E-state index >= 15 is 0 Å². The molecule has 0 amide bonds. The van der Waals surface area contributed by atoms with Crippen LogP contribution >= 0.6 is 11.8 Å². The number of fused-ring (bicyclic) bond motifs is 4. The summed E-state index contributed by atoms with van der Waals surface area (Å²) in [6.07, 6.45) is 2.29. The summed E-state index contributed by atoms with van der Waals surface area (Å²) < 4.78 is 0. The van der Waals surface area contributed by atoms with Crippen LogP contribution in [0.15, 0.2) is 24.3 Å². The van der Waals surface area contributed by atoms with Gasteiger partial charge in [-0.2, -0.15) is 11.8 Å². The van der Waals surface area contributed by atoms with Crippen molar-refractivity contribution in [2.24, 2.45) is 0 Å². The summed E-state index contributed by atoms with van der Waals surface area (Å²) in [5.74, 6) is 2.66. The molecule has 18 heavy (non-hydrogen) atoms. The van der Waals surface area contributed by atoms with Crippen molar-refractivity contribution in [2.45, 2.75) is 30.8 Å². The van der Waals surface area contributed by atoms with Gasteiger partial charge in [0.25, 0.3) is 0 Å². The van der Waals surface area contributed by atoms with Crippen molar-refractivity contribution < 1.29 is 4.79 Å². The number of aryl methyl sites for hydroxylation is 1. The number of Topliss-reactive ketones (excluding diaryl/α,β-unsaturated/α-hetero) is 1. The predicted molar refractivity (Wildman–Crippen MR) is 76.0 cm³/mol. The molecule has 1 heterocycles. The number of carbonyl (C=O) groups excluding carboxylic acids is 1. The molecule has 2 aliphatic rings. The Kier molecular flexibility index (Phi) is 2.28. The molecule has 90 valence electrons. The highest BCUT2D eigenvalue weighted by molar-refractivity contribution is 7.98. The number of rotatable bonds is 0. The third-order valence-corrected chi connectivity index (χ3v) is 5.14. The quantitative estimate of drug-likeness (QED) is 0.714. The molecule has 0 bridgehead atoms. The van der Waals surface area contributed by atoms with Crippen LogP contribution in [0.1, 0.15) is 28.7 Å². The molecule has 2 aromatic carbocycles. The fourth-order valence-corrected chi connectivity index (χ4v) is 4.19. The Morgan fingerprint density at radius 3 is 2.67 bits per heavy atom. The molecule has 4 rings (SSSR count). The van der Waals surface area contributed by atoms with Gasteiger partial charge in [0.05, 0.1) is 0 Å². The highest BCUT2D eigenvalue weighted by atomic mass is 32.2. The lowest BCUT2D eigenvalue weighted by Crippen LogP contribution is -2.13. The Bertz CT molecular complexity index is 672. The highest BCUT2D eigenvalue weighted by Gasteiger charge is 2.19. The van der Waals surface area contributed by atoms with Crippen LogP contribution in [0.5, 0.6) is 0 Å². The zero-order valence-electron chi connectivity index (χ0n) is 10.2. The van der Waals surface area contributed by atoms with Crippen molar-refractivity contribution in [1.29, 1.82) is 0 Å². The molecule has 1 nitrogen and oxygen atoms in total. The summed E-state index contributed by atoms with van der Waals surface area (Å²) in [7, 11) is 0. The van der Waals surface area contributed by atoms with Crippen molar-refractivity contribution in [2.75, 3.05) is 0 Å². The molecule has 0 N–H and O–H groups in total. The van der Waals surface area contributed by atoms with E-state index in [1.807, 2.05) is 11.8 Å². The number of carbonyl (C=O) groups is 1. The SMILES string of the molecule is O=C1CCc2ccc3cc4c(cc3c2C1)CSC4. The van der Waals surface area contributed by atoms with E-state index in [0.29, 0.717) is 12.2 Å². The topological polar surface area (TPSA) is 17.1 Å². The molecule has 0 saturated heterocycles. The number of hydrogen-bond donors (Lipinski definition) is 0. The van der Waals surface area contributed by atoms with Crippen LogP contribution in [0.4, 0.5) is 0 Å². The van der Waals surface area contributed by atoms with Crippen molar-refractivity contribution >= 4 is 28.3 Å². The molecule has 0 atom stereocenters. The summed E-state index contributed by atoms with van der Waals surface area (Å²) in [6.45, 7) is 0. The van der Waals surface area contributed by atoms with Crippen LogP contribution in [0.2, 0.25) is 0 Å². The Morgan fingerprint density at radius 1 is 0.944 bits per heavy atom. The highest BCUT2D eigenvalue weighted by Crippen LogP contribution is 2.36. The zero-order chi connectivity index (χ0) is 12.1. The van der Waals surface area contributed by atoms with E-state index in [1.165, 1.54) is 33.0 Å². The molecule has 2 aromatic rings. The second-order valence-electron chi connectivity index (χ2n) is 5.25. The fraction of sp³-hybridized carbons (Fsp3) is 0.312. The van der Waals surface area contributed by atoms with E-state index in [0.717, 1.165) is 24.3 Å². The molecule has 0 spiro atoms. The van der Waals surface area contributed by atoms with Gasteiger partial charge >= 0.3 is 0 Å². The summed E-state index contributed by atoms with van der Waals surface area (Å²) >= 11 is 1.98. The summed E-state index contributed by atoms with van der Waals surface area (Å²) in [6, 6.07) is 9.11. The molecule has 0 fully saturated rings. The average molecular weight is 254 g/mol. The van der Waals surface area contributed by atoms with Crippen molar-refractivity contribution in [1.82, 2.24) is 0 Å². The van der Waals surface area contributed by atoms with Crippen molar-refractivity contribution in [3.8, 4) is 0 Å². The normalized spacial score (nSPS) is 17.9. The largest absolute Gasteiger partial charge is 0.299 e. The summed E-state index contributed by atoms with van der Waals surface area (Å²) in [5.41, 5.74) is 5.63. The number of benzene rings is 2. The molecule has 0 unspecified atom stereocenters. The first-order chi connectivity index (χ1) is 8.81. The van der Waals surface area contributed by atoms with E-state index in [1.54, 1.807) is 0 Å². The molecule has 0 saturated carbocycles. The third kappa shape index (κ3) is 1.52. The maximum Gasteiger partial charge on any atom is 0.137 e. The Morgan fingerprint density at radius 2 is 1.78 bits per heavy atom. The minimum absolute atomic E-state index is 0.393. The first kappa shape index (κ1) is 10.6. The lowest BCUT2D eigenvalue weighted by atomic mass is 9.86. The van der Waals surface area contributed by atoms with E-state index in [9.17, 15) is 4.79 Å². The average Bonchev–Trinajstić information content (AvgIpc) is 2.83. The van der Waals surface area contributed by atoms with E-state index in [2.05, 4.69) is 24.3 Å². The Hall–Kier alpha value is -1.28.